The number of aliphatic hydroxyl groups excluding tert-OH is 1. The normalized spacial score (nSPS) is 11.9. The van der Waals surface area contributed by atoms with Crippen molar-refractivity contribution in [2.45, 2.75) is 6.04 Å². The highest BCUT2D eigenvalue weighted by Crippen LogP contribution is 2.15. The van der Waals surface area contributed by atoms with Crippen LogP contribution in [0.15, 0.2) is 18.2 Å². The maximum Gasteiger partial charge on any atom is 0.328 e. The highest BCUT2D eigenvalue weighted by Gasteiger charge is 2.19. The highest BCUT2D eigenvalue weighted by atomic mass is 35.5. The van der Waals surface area contributed by atoms with E-state index in [0.29, 0.717) is 0 Å². The number of aliphatic carboxylic acids is 1. The molecule has 0 spiro atoms. The summed E-state index contributed by atoms with van der Waals surface area (Å²) >= 11 is 5.43. The van der Waals surface area contributed by atoms with Crippen molar-refractivity contribution in [1.82, 2.24) is 5.32 Å². The van der Waals surface area contributed by atoms with Gasteiger partial charge in [-0.05, 0) is 18.2 Å². The second kappa shape index (κ2) is 5.60. The van der Waals surface area contributed by atoms with Gasteiger partial charge in [-0.1, -0.05) is 11.6 Å². The minimum atomic E-state index is -1.43. The van der Waals surface area contributed by atoms with E-state index >= 15 is 0 Å². The Labute approximate surface area is 101 Å². The zero-order valence-electron chi connectivity index (χ0n) is 8.48. The van der Waals surface area contributed by atoms with Gasteiger partial charge >= 0.3 is 5.97 Å². The average molecular weight is 262 g/mol. The van der Waals surface area contributed by atoms with Crippen LogP contribution in [0.5, 0.6) is 0 Å². The van der Waals surface area contributed by atoms with Crippen molar-refractivity contribution in [2.24, 2.45) is 0 Å². The van der Waals surface area contributed by atoms with Crippen LogP contribution in [0.25, 0.3) is 0 Å². The molecule has 0 radical (unpaired) electrons. The fourth-order valence-corrected chi connectivity index (χ4v) is 1.18. The molecule has 92 valence electrons. The van der Waals surface area contributed by atoms with Crippen LogP contribution >= 0.6 is 11.6 Å². The quantitative estimate of drug-likeness (QED) is 0.743. The van der Waals surface area contributed by atoms with Crippen molar-refractivity contribution in [3.8, 4) is 0 Å². The van der Waals surface area contributed by atoms with E-state index < -0.39 is 30.3 Å². The number of halogens is 2. The molecule has 3 N–H and O–H groups in total. The summed E-state index contributed by atoms with van der Waals surface area (Å²) in [5.41, 5.74) is -0.0772. The number of carbonyl (C=O) groups excluding carboxylic acids is 1. The molecular formula is C10H9ClFNO4. The Balaban J connectivity index is 2.82. The van der Waals surface area contributed by atoms with Crippen molar-refractivity contribution in [2.75, 3.05) is 6.61 Å². The van der Waals surface area contributed by atoms with E-state index in [9.17, 15) is 14.0 Å². The second-order valence-corrected chi connectivity index (χ2v) is 3.58. The minimum absolute atomic E-state index is 0.0772. The topological polar surface area (TPSA) is 86.6 Å². The van der Waals surface area contributed by atoms with E-state index in [0.717, 1.165) is 6.07 Å². The molecule has 1 aromatic rings. The number of benzene rings is 1. The lowest BCUT2D eigenvalue weighted by Crippen LogP contribution is -2.43. The maximum atomic E-state index is 13.0. The predicted molar refractivity (Wildman–Crippen MR) is 57.4 cm³/mol. The molecule has 1 aromatic carbocycles. The summed E-state index contributed by atoms with van der Waals surface area (Å²) in [6.45, 7) is -0.753. The maximum absolute atomic E-state index is 13.0. The summed E-state index contributed by atoms with van der Waals surface area (Å²) < 4.78 is 13.0. The van der Waals surface area contributed by atoms with Gasteiger partial charge in [0.25, 0.3) is 5.91 Å². The molecule has 1 unspecified atom stereocenters. The third-order valence-corrected chi connectivity index (χ3v) is 2.27. The zero-order valence-corrected chi connectivity index (χ0v) is 9.24. The molecule has 1 amide bonds. The molecule has 0 aliphatic carbocycles. The summed E-state index contributed by atoms with van der Waals surface area (Å²) in [6, 6.07) is 1.88. The van der Waals surface area contributed by atoms with Crippen molar-refractivity contribution in [1.29, 1.82) is 0 Å². The lowest BCUT2D eigenvalue weighted by Gasteiger charge is -2.11. The molecule has 1 rings (SSSR count). The predicted octanol–water partition coefficient (Wildman–Crippen LogP) is 0.654. The first-order valence-corrected chi connectivity index (χ1v) is 4.93. The first kappa shape index (κ1) is 13.4. The van der Waals surface area contributed by atoms with Gasteiger partial charge in [-0.15, -0.1) is 0 Å². The van der Waals surface area contributed by atoms with Crippen LogP contribution in [0, 0.1) is 5.82 Å². The second-order valence-electron chi connectivity index (χ2n) is 3.18. The molecule has 17 heavy (non-hydrogen) atoms. The molecule has 0 fully saturated rings. The molecule has 0 aliphatic heterocycles. The van der Waals surface area contributed by atoms with Gasteiger partial charge in [-0.2, -0.15) is 0 Å². The lowest BCUT2D eigenvalue weighted by molar-refractivity contribution is -0.140. The monoisotopic (exact) mass is 261 g/mol. The number of carboxylic acids is 1. The van der Waals surface area contributed by atoms with Crippen molar-refractivity contribution in [3.63, 3.8) is 0 Å². The number of carboxylic acid groups (broad SMARTS) is 1. The Morgan fingerprint density at radius 3 is 2.59 bits per heavy atom. The molecule has 0 saturated heterocycles. The third kappa shape index (κ3) is 3.40. The largest absolute Gasteiger partial charge is 0.480 e. The van der Waals surface area contributed by atoms with Crippen LogP contribution in [0.3, 0.4) is 0 Å². The molecule has 5 nitrogen and oxygen atoms in total. The Bertz CT molecular complexity index is 452. The van der Waals surface area contributed by atoms with Crippen molar-refractivity contribution in [3.05, 3.63) is 34.6 Å². The van der Waals surface area contributed by atoms with Gasteiger partial charge < -0.3 is 15.5 Å². The van der Waals surface area contributed by atoms with Crippen molar-refractivity contribution < 1.29 is 24.2 Å². The summed E-state index contributed by atoms with van der Waals surface area (Å²) in [5, 5.41) is 19.2. The summed E-state index contributed by atoms with van der Waals surface area (Å²) in [6.07, 6.45) is 0. The van der Waals surface area contributed by atoms with Gasteiger partial charge in [0.15, 0.2) is 6.04 Å². The van der Waals surface area contributed by atoms with E-state index in [-0.39, 0.29) is 10.6 Å². The zero-order chi connectivity index (χ0) is 13.0. The molecule has 0 aromatic heterocycles. The Kier molecular flexibility index (Phi) is 4.42. The van der Waals surface area contributed by atoms with Crippen LogP contribution in [-0.2, 0) is 4.79 Å². The Hall–Kier alpha value is -1.66. The van der Waals surface area contributed by atoms with Gasteiger partial charge in [0.2, 0.25) is 0 Å². The molecule has 1 atom stereocenters. The van der Waals surface area contributed by atoms with E-state index in [2.05, 4.69) is 0 Å². The fourth-order valence-electron chi connectivity index (χ4n) is 1.06. The summed E-state index contributed by atoms with van der Waals surface area (Å²) in [7, 11) is 0. The number of hydrogen-bond donors (Lipinski definition) is 3. The van der Waals surface area contributed by atoms with Gasteiger partial charge in [-0.3, -0.25) is 4.79 Å². The van der Waals surface area contributed by atoms with E-state index in [4.69, 9.17) is 21.8 Å². The number of aliphatic hydroxyl groups is 1. The molecule has 0 saturated carbocycles. The van der Waals surface area contributed by atoms with Gasteiger partial charge in [-0.25, -0.2) is 9.18 Å². The molecule has 0 heterocycles. The molecule has 0 aliphatic rings. The number of nitrogens with one attached hydrogen (secondary N) is 1. The van der Waals surface area contributed by atoms with Crippen LogP contribution < -0.4 is 5.32 Å². The van der Waals surface area contributed by atoms with Gasteiger partial charge in [0.05, 0.1) is 11.6 Å². The SMILES string of the molecule is O=C(NC(CO)C(=O)O)c1ccc(Cl)c(F)c1. The third-order valence-electron chi connectivity index (χ3n) is 1.97. The van der Waals surface area contributed by atoms with Crippen LogP contribution in [0.4, 0.5) is 4.39 Å². The van der Waals surface area contributed by atoms with E-state index in [1.54, 1.807) is 0 Å². The molecule has 0 bridgehead atoms. The number of rotatable bonds is 4. The first-order chi connectivity index (χ1) is 7.95. The lowest BCUT2D eigenvalue weighted by atomic mass is 10.2. The van der Waals surface area contributed by atoms with Crippen molar-refractivity contribution >= 4 is 23.5 Å². The standard InChI is InChI=1S/C10H9ClFNO4/c11-6-2-1-5(3-7(6)12)9(15)13-8(4-14)10(16)17/h1-3,8,14H,4H2,(H,13,15)(H,16,17). The smallest absolute Gasteiger partial charge is 0.328 e. The number of amides is 1. The first-order valence-electron chi connectivity index (χ1n) is 4.55. The minimum Gasteiger partial charge on any atom is -0.480 e. The fraction of sp³-hybridized carbons (Fsp3) is 0.200. The number of hydrogen-bond acceptors (Lipinski definition) is 3. The van der Waals surface area contributed by atoms with Crippen LogP contribution in [0.2, 0.25) is 5.02 Å². The molecule has 7 heteroatoms. The van der Waals surface area contributed by atoms with Crippen LogP contribution in [0.1, 0.15) is 10.4 Å². The average Bonchev–Trinajstić information content (AvgIpc) is 2.28. The summed E-state index contributed by atoms with van der Waals surface area (Å²) in [5.74, 6) is -2.97. The Morgan fingerprint density at radius 1 is 1.47 bits per heavy atom. The Morgan fingerprint density at radius 2 is 2.12 bits per heavy atom. The summed E-state index contributed by atoms with van der Waals surface area (Å²) in [4.78, 5) is 22.0. The molecular weight excluding hydrogens is 253 g/mol. The van der Waals surface area contributed by atoms with Crippen LogP contribution in [-0.4, -0.2) is 34.7 Å². The highest BCUT2D eigenvalue weighted by molar-refractivity contribution is 6.30. The van der Waals surface area contributed by atoms with Gasteiger partial charge in [0.1, 0.15) is 5.82 Å². The number of carbonyl (C=O) groups is 2. The van der Waals surface area contributed by atoms with E-state index in [1.807, 2.05) is 5.32 Å². The van der Waals surface area contributed by atoms with Gasteiger partial charge in [0, 0.05) is 5.56 Å². The van der Waals surface area contributed by atoms with E-state index in [1.165, 1.54) is 12.1 Å².